The van der Waals surface area contributed by atoms with Crippen LogP contribution in [0.5, 0.6) is 0 Å². The fraction of sp³-hybridized carbons (Fsp3) is 0.385. The third-order valence-corrected chi connectivity index (χ3v) is 2.14. The maximum Gasteiger partial charge on any atom is 0.147 e. The first-order valence-corrected chi connectivity index (χ1v) is 5.22. The summed E-state index contributed by atoms with van der Waals surface area (Å²) in [6.45, 7) is 6.66. The van der Waals surface area contributed by atoms with E-state index in [0.717, 1.165) is 12.0 Å². The van der Waals surface area contributed by atoms with Crippen molar-refractivity contribution in [2.75, 3.05) is 6.79 Å². The predicted molar refractivity (Wildman–Crippen MR) is 61.5 cm³/mol. The molecule has 1 unspecified atom stereocenters. The molecule has 1 rings (SSSR count). The molecule has 0 radical (unpaired) electrons. The standard InChI is InChI=1S/C13H18O2/c1-3-13(4-2)15-11-14-10-12-8-6-5-7-9-12/h3,5-9,13H,1,4,10-11H2,2H3. The van der Waals surface area contributed by atoms with Gasteiger partial charge in [-0.25, -0.2) is 0 Å². The zero-order valence-electron chi connectivity index (χ0n) is 9.19. The van der Waals surface area contributed by atoms with Crippen LogP contribution in [0, 0.1) is 0 Å². The lowest BCUT2D eigenvalue weighted by Gasteiger charge is -2.11. The van der Waals surface area contributed by atoms with E-state index in [1.165, 1.54) is 0 Å². The van der Waals surface area contributed by atoms with Crippen molar-refractivity contribution < 1.29 is 9.47 Å². The van der Waals surface area contributed by atoms with Crippen LogP contribution in [0.2, 0.25) is 0 Å². The third kappa shape index (κ3) is 4.77. The van der Waals surface area contributed by atoms with Crippen molar-refractivity contribution in [1.82, 2.24) is 0 Å². The average Bonchev–Trinajstić information content (AvgIpc) is 2.31. The first-order valence-electron chi connectivity index (χ1n) is 5.22. The Hall–Kier alpha value is -1.12. The Balaban J connectivity index is 2.14. The Labute approximate surface area is 91.5 Å². The lowest BCUT2D eigenvalue weighted by atomic mass is 10.2. The van der Waals surface area contributed by atoms with Gasteiger partial charge in [0.2, 0.25) is 0 Å². The molecule has 1 aromatic carbocycles. The largest absolute Gasteiger partial charge is 0.351 e. The first kappa shape index (κ1) is 12.0. The van der Waals surface area contributed by atoms with Crippen LogP contribution in [0.25, 0.3) is 0 Å². The molecule has 82 valence electrons. The molecule has 0 N–H and O–H groups in total. The van der Waals surface area contributed by atoms with Crippen LogP contribution in [0.4, 0.5) is 0 Å². The van der Waals surface area contributed by atoms with Crippen molar-refractivity contribution in [3.8, 4) is 0 Å². The molecular formula is C13H18O2. The Morgan fingerprint density at radius 2 is 2.07 bits per heavy atom. The second-order valence-electron chi connectivity index (χ2n) is 3.30. The maximum atomic E-state index is 5.42. The summed E-state index contributed by atoms with van der Waals surface area (Å²) in [6.07, 6.45) is 2.82. The summed E-state index contributed by atoms with van der Waals surface area (Å²) >= 11 is 0. The molecule has 0 saturated heterocycles. The maximum absolute atomic E-state index is 5.42. The molecule has 0 aliphatic heterocycles. The Kier molecular flexibility index (Phi) is 5.74. The van der Waals surface area contributed by atoms with Crippen LogP contribution in [-0.4, -0.2) is 12.9 Å². The van der Waals surface area contributed by atoms with Crippen LogP contribution in [-0.2, 0) is 16.1 Å². The summed E-state index contributed by atoms with van der Waals surface area (Å²) in [7, 11) is 0. The van der Waals surface area contributed by atoms with Gasteiger partial charge < -0.3 is 9.47 Å². The van der Waals surface area contributed by atoms with Gasteiger partial charge in [0, 0.05) is 0 Å². The molecule has 0 amide bonds. The molecule has 0 saturated carbocycles. The molecule has 0 spiro atoms. The Morgan fingerprint density at radius 1 is 1.33 bits per heavy atom. The molecular weight excluding hydrogens is 188 g/mol. The van der Waals surface area contributed by atoms with E-state index >= 15 is 0 Å². The van der Waals surface area contributed by atoms with Gasteiger partial charge in [-0.1, -0.05) is 43.3 Å². The van der Waals surface area contributed by atoms with Gasteiger partial charge in [-0.15, -0.1) is 6.58 Å². The van der Waals surface area contributed by atoms with Crippen LogP contribution in [0.15, 0.2) is 43.0 Å². The minimum atomic E-state index is 0.0979. The smallest absolute Gasteiger partial charge is 0.147 e. The van der Waals surface area contributed by atoms with E-state index in [4.69, 9.17) is 9.47 Å². The van der Waals surface area contributed by atoms with Crippen molar-refractivity contribution in [3.05, 3.63) is 48.6 Å². The summed E-state index contributed by atoms with van der Waals surface area (Å²) in [6, 6.07) is 10.1. The van der Waals surface area contributed by atoms with E-state index < -0.39 is 0 Å². The van der Waals surface area contributed by atoms with Crippen molar-refractivity contribution in [3.63, 3.8) is 0 Å². The summed E-state index contributed by atoms with van der Waals surface area (Å²) < 4.78 is 10.8. The van der Waals surface area contributed by atoms with E-state index in [0.29, 0.717) is 13.4 Å². The van der Waals surface area contributed by atoms with E-state index in [1.807, 2.05) is 30.3 Å². The molecule has 1 aromatic rings. The van der Waals surface area contributed by atoms with Crippen molar-refractivity contribution in [2.45, 2.75) is 26.1 Å². The van der Waals surface area contributed by atoms with Crippen LogP contribution < -0.4 is 0 Å². The number of benzene rings is 1. The average molecular weight is 206 g/mol. The predicted octanol–water partition coefficient (Wildman–Crippen LogP) is 3.14. The number of ether oxygens (including phenoxy) is 2. The van der Waals surface area contributed by atoms with Gasteiger partial charge >= 0.3 is 0 Å². The van der Waals surface area contributed by atoms with Crippen LogP contribution in [0.1, 0.15) is 18.9 Å². The minimum Gasteiger partial charge on any atom is -0.351 e. The Morgan fingerprint density at radius 3 is 2.67 bits per heavy atom. The van der Waals surface area contributed by atoms with Crippen LogP contribution >= 0.6 is 0 Å². The van der Waals surface area contributed by atoms with Crippen molar-refractivity contribution in [2.24, 2.45) is 0 Å². The van der Waals surface area contributed by atoms with Gasteiger partial charge in [0.15, 0.2) is 0 Å². The van der Waals surface area contributed by atoms with Crippen molar-refractivity contribution >= 4 is 0 Å². The molecule has 2 nitrogen and oxygen atoms in total. The van der Waals surface area contributed by atoms with Crippen molar-refractivity contribution in [1.29, 1.82) is 0 Å². The summed E-state index contributed by atoms with van der Waals surface area (Å²) in [5.74, 6) is 0. The zero-order chi connectivity index (χ0) is 10.9. The van der Waals surface area contributed by atoms with Gasteiger partial charge in [0.1, 0.15) is 6.79 Å². The molecule has 0 aromatic heterocycles. The van der Waals surface area contributed by atoms with E-state index in [1.54, 1.807) is 6.08 Å². The summed E-state index contributed by atoms with van der Waals surface area (Å²) in [5, 5.41) is 0. The molecule has 0 fully saturated rings. The normalized spacial score (nSPS) is 12.3. The monoisotopic (exact) mass is 206 g/mol. The molecule has 0 aliphatic carbocycles. The highest BCUT2D eigenvalue weighted by Gasteiger charge is 1.99. The fourth-order valence-corrected chi connectivity index (χ4v) is 1.22. The zero-order valence-corrected chi connectivity index (χ0v) is 9.19. The Bertz CT molecular complexity index is 269. The second-order valence-corrected chi connectivity index (χ2v) is 3.30. The molecule has 0 aliphatic rings. The summed E-state index contributed by atoms with van der Waals surface area (Å²) in [5.41, 5.74) is 1.16. The van der Waals surface area contributed by atoms with E-state index in [-0.39, 0.29) is 6.10 Å². The van der Waals surface area contributed by atoms with Gasteiger partial charge in [-0.3, -0.25) is 0 Å². The fourth-order valence-electron chi connectivity index (χ4n) is 1.22. The quantitative estimate of drug-likeness (QED) is 0.387. The molecule has 2 heteroatoms. The highest BCUT2D eigenvalue weighted by Crippen LogP contribution is 2.02. The molecule has 15 heavy (non-hydrogen) atoms. The van der Waals surface area contributed by atoms with Gasteiger partial charge in [0.05, 0.1) is 12.7 Å². The lowest BCUT2D eigenvalue weighted by Crippen LogP contribution is -2.11. The number of rotatable bonds is 7. The highest BCUT2D eigenvalue weighted by atomic mass is 16.7. The van der Waals surface area contributed by atoms with E-state index in [2.05, 4.69) is 13.5 Å². The topological polar surface area (TPSA) is 18.5 Å². The van der Waals surface area contributed by atoms with Gasteiger partial charge in [-0.2, -0.15) is 0 Å². The first-order chi connectivity index (χ1) is 7.36. The lowest BCUT2D eigenvalue weighted by molar-refractivity contribution is -0.0827. The van der Waals surface area contributed by atoms with Gasteiger partial charge in [0.25, 0.3) is 0 Å². The third-order valence-electron chi connectivity index (χ3n) is 2.14. The minimum absolute atomic E-state index is 0.0979. The molecule has 0 bridgehead atoms. The van der Waals surface area contributed by atoms with E-state index in [9.17, 15) is 0 Å². The number of hydrogen-bond donors (Lipinski definition) is 0. The second kappa shape index (κ2) is 7.21. The SMILES string of the molecule is C=CC(CC)OCOCc1ccccc1. The molecule has 1 atom stereocenters. The number of hydrogen-bond acceptors (Lipinski definition) is 2. The van der Waals surface area contributed by atoms with Gasteiger partial charge in [-0.05, 0) is 12.0 Å². The highest BCUT2D eigenvalue weighted by molar-refractivity contribution is 5.13. The molecule has 0 heterocycles. The van der Waals surface area contributed by atoms with Crippen LogP contribution in [0.3, 0.4) is 0 Å². The summed E-state index contributed by atoms with van der Waals surface area (Å²) in [4.78, 5) is 0.